The number of thioether (sulfide) groups is 1. The molecule has 1 rings (SSSR count). The molecule has 1 unspecified atom stereocenters. The van der Waals surface area contributed by atoms with E-state index in [2.05, 4.69) is 38.4 Å². The SMILES string of the molecule is CCC(CBr)CSc1nnnn1C. The minimum atomic E-state index is 0.696. The second-order valence-corrected chi connectivity index (χ2v) is 4.46. The molecule has 6 heteroatoms. The summed E-state index contributed by atoms with van der Waals surface area (Å²) in [5.41, 5.74) is 0. The van der Waals surface area contributed by atoms with Gasteiger partial charge in [0.2, 0.25) is 5.16 Å². The van der Waals surface area contributed by atoms with Crippen LogP contribution in [0.5, 0.6) is 0 Å². The molecule has 0 aliphatic heterocycles. The third-order valence-electron chi connectivity index (χ3n) is 1.82. The van der Waals surface area contributed by atoms with Gasteiger partial charge in [0.25, 0.3) is 0 Å². The Kier molecular flexibility index (Phi) is 4.72. The van der Waals surface area contributed by atoms with Crippen molar-refractivity contribution in [2.24, 2.45) is 13.0 Å². The summed E-state index contributed by atoms with van der Waals surface area (Å²) in [6.07, 6.45) is 1.18. The summed E-state index contributed by atoms with van der Waals surface area (Å²) >= 11 is 5.19. The van der Waals surface area contributed by atoms with E-state index in [1.54, 1.807) is 16.4 Å². The molecule has 0 spiro atoms. The van der Waals surface area contributed by atoms with E-state index in [-0.39, 0.29) is 0 Å². The van der Waals surface area contributed by atoms with E-state index in [0.29, 0.717) is 5.92 Å². The first-order valence-corrected chi connectivity index (χ1v) is 6.29. The lowest BCUT2D eigenvalue weighted by Crippen LogP contribution is -2.04. The van der Waals surface area contributed by atoms with Crippen molar-refractivity contribution in [3.05, 3.63) is 0 Å². The maximum Gasteiger partial charge on any atom is 0.209 e. The quantitative estimate of drug-likeness (QED) is 0.600. The average molecular weight is 265 g/mol. The summed E-state index contributed by atoms with van der Waals surface area (Å²) < 4.78 is 1.70. The molecule has 1 aromatic rings. The van der Waals surface area contributed by atoms with Gasteiger partial charge in [-0.25, -0.2) is 4.68 Å². The Morgan fingerprint density at radius 3 is 2.85 bits per heavy atom. The molecule has 74 valence electrons. The van der Waals surface area contributed by atoms with E-state index in [9.17, 15) is 0 Å². The number of aromatic nitrogens is 4. The topological polar surface area (TPSA) is 43.6 Å². The van der Waals surface area contributed by atoms with Crippen molar-refractivity contribution in [3.8, 4) is 0 Å². The second-order valence-electron chi connectivity index (χ2n) is 2.82. The van der Waals surface area contributed by atoms with Gasteiger partial charge in [0.1, 0.15) is 0 Å². The van der Waals surface area contributed by atoms with Crippen molar-refractivity contribution in [2.75, 3.05) is 11.1 Å². The van der Waals surface area contributed by atoms with Crippen LogP contribution in [-0.2, 0) is 7.05 Å². The Bertz CT molecular complexity index is 248. The van der Waals surface area contributed by atoms with E-state index in [4.69, 9.17) is 0 Å². The van der Waals surface area contributed by atoms with Crippen LogP contribution >= 0.6 is 27.7 Å². The van der Waals surface area contributed by atoms with Crippen molar-refractivity contribution < 1.29 is 0 Å². The third-order valence-corrected chi connectivity index (χ3v) is 3.98. The molecule has 1 heterocycles. The van der Waals surface area contributed by atoms with Crippen molar-refractivity contribution in [3.63, 3.8) is 0 Å². The van der Waals surface area contributed by atoms with E-state index in [1.807, 2.05) is 7.05 Å². The van der Waals surface area contributed by atoms with Crippen LogP contribution in [0.4, 0.5) is 0 Å². The van der Waals surface area contributed by atoms with E-state index >= 15 is 0 Å². The van der Waals surface area contributed by atoms with E-state index < -0.39 is 0 Å². The molecule has 0 saturated heterocycles. The number of nitrogens with zero attached hydrogens (tertiary/aromatic N) is 4. The molecule has 1 atom stereocenters. The maximum atomic E-state index is 3.91. The fourth-order valence-electron chi connectivity index (χ4n) is 0.807. The zero-order valence-electron chi connectivity index (χ0n) is 7.77. The molecule has 0 aliphatic rings. The van der Waals surface area contributed by atoms with Crippen LogP contribution in [0.1, 0.15) is 13.3 Å². The number of halogens is 1. The number of alkyl halides is 1. The van der Waals surface area contributed by atoms with Crippen molar-refractivity contribution >= 4 is 27.7 Å². The number of hydrogen-bond donors (Lipinski definition) is 0. The molecular weight excluding hydrogens is 252 g/mol. The summed E-state index contributed by atoms with van der Waals surface area (Å²) in [5.74, 6) is 1.76. The largest absolute Gasteiger partial charge is 0.224 e. The van der Waals surface area contributed by atoms with Gasteiger partial charge in [0.15, 0.2) is 0 Å². The molecule has 13 heavy (non-hydrogen) atoms. The summed E-state index contributed by atoms with van der Waals surface area (Å²) in [6.45, 7) is 2.20. The van der Waals surface area contributed by atoms with Gasteiger partial charge in [0, 0.05) is 18.1 Å². The Labute approximate surface area is 90.6 Å². The van der Waals surface area contributed by atoms with Gasteiger partial charge in [-0.05, 0) is 16.3 Å². The zero-order chi connectivity index (χ0) is 9.68. The van der Waals surface area contributed by atoms with Crippen LogP contribution in [0.2, 0.25) is 0 Å². The van der Waals surface area contributed by atoms with Crippen LogP contribution in [0.15, 0.2) is 5.16 Å². The average Bonchev–Trinajstić information content (AvgIpc) is 2.54. The number of hydrogen-bond acceptors (Lipinski definition) is 4. The summed E-state index contributed by atoms with van der Waals surface area (Å²) in [5, 5.41) is 13.2. The maximum absolute atomic E-state index is 3.91. The molecule has 0 fully saturated rings. The summed E-state index contributed by atoms with van der Waals surface area (Å²) in [7, 11) is 1.86. The molecule has 0 bridgehead atoms. The molecule has 0 radical (unpaired) electrons. The van der Waals surface area contributed by atoms with Gasteiger partial charge in [-0.15, -0.1) is 5.10 Å². The van der Waals surface area contributed by atoms with Crippen LogP contribution in [-0.4, -0.2) is 31.3 Å². The van der Waals surface area contributed by atoms with Gasteiger partial charge in [0.05, 0.1) is 0 Å². The third kappa shape index (κ3) is 3.27. The molecular formula is C7H13BrN4S. The molecule has 0 amide bonds. The lowest BCUT2D eigenvalue weighted by Gasteiger charge is -2.08. The fourth-order valence-corrected chi connectivity index (χ4v) is 2.85. The highest BCUT2D eigenvalue weighted by atomic mass is 79.9. The molecule has 0 saturated carbocycles. The zero-order valence-corrected chi connectivity index (χ0v) is 10.2. The second kappa shape index (κ2) is 5.59. The number of tetrazole rings is 1. The predicted octanol–water partition coefficient (Wildman–Crippen LogP) is 1.72. The standard InChI is InChI=1S/C7H13BrN4S/c1-3-6(4-8)5-13-7-9-10-11-12(7)2/h6H,3-5H2,1-2H3. The Hall–Kier alpha value is -0.100. The normalized spacial score (nSPS) is 13.2. The first-order chi connectivity index (χ1) is 6.27. The van der Waals surface area contributed by atoms with Crippen molar-refractivity contribution in [1.82, 2.24) is 20.2 Å². The highest BCUT2D eigenvalue weighted by molar-refractivity contribution is 9.09. The minimum absolute atomic E-state index is 0.696. The molecule has 0 N–H and O–H groups in total. The summed E-state index contributed by atoms with van der Waals surface area (Å²) in [6, 6.07) is 0. The molecule has 1 aromatic heterocycles. The van der Waals surface area contributed by atoms with Crippen molar-refractivity contribution in [2.45, 2.75) is 18.5 Å². The molecule has 4 nitrogen and oxygen atoms in total. The first-order valence-electron chi connectivity index (χ1n) is 4.19. The van der Waals surface area contributed by atoms with E-state index in [0.717, 1.165) is 16.2 Å². The highest BCUT2D eigenvalue weighted by Crippen LogP contribution is 2.19. The van der Waals surface area contributed by atoms with Crippen molar-refractivity contribution in [1.29, 1.82) is 0 Å². The Morgan fingerprint density at radius 1 is 1.62 bits per heavy atom. The number of rotatable bonds is 5. The minimum Gasteiger partial charge on any atom is -0.224 e. The van der Waals surface area contributed by atoms with Crippen LogP contribution < -0.4 is 0 Å². The Morgan fingerprint density at radius 2 is 2.38 bits per heavy atom. The van der Waals surface area contributed by atoms with Gasteiger partial charge >= 0.3 is 0 Å². The lowest BCUT2D eigenvalue weighted by molar-refractivity contribution is 0.642. The molecule has 0 aliphatic carbocycles. The fraction of sp³-hybridized carbons (Fsp3) is 0.857. The van der Waals surface area contributed by atoms with Crippen LogP contribution in [0.3, 0.4) is 0 Å². The van der Waals surface area contributed by atoms with Gasteiger partial charge < -0.3 is 0 Å². The smallest absolute Gasteiger partial charge is 0.209 e. The first kappa shape index (κ1) is 11.0. The Balaban J connectivity index is 2.38. The summed E-state index contributed by atoms with van der Waals surface area (Å²) in [4.78, 5) is 0. The molecule has 0 aromatic carbocycles. The van der Waals surface area contributed by atoms with Gasteiger partial charge in [-0.2, -0.15) is 0 Å². The monoisotopic (exact) mass is 264 g/mol. The lowest BCUT2D eigenvalue weighted by atomic mass is 10.2. The highest BCUT2D eigenvalue weighted by Gasteiger charge is 2.08. The van der Waals surface area contributed by atoms with Gasteiger partial charge in [-0.3, -0.25) is 0 Å². The van der Waals surface area contributed by atoms with Crippen LogP contribution in [0.25, 0.3) is 0 Å². The number of aryl methyl sites for hydroxylation is 1. The van der Waals surface area contributed by atoms with E-state index in [1.165, 1.54) is 6.42 Å². The predicted molar refractivity (Wildman–Crippen MR) is 57.1 cm³/mol. The van der Waals surface area contributed by atoms with Crippen LogP contribution in [0, 0.1) is 5.92 Å². The van der Waals surface area contributed by atoms with Gasteiger partial charge in [-0.1, -0.05) is 41.0 Å².